The predicted octanol–water partition coefficient (Wildman–Crippen LogP) is 3.84. The number of hydrogen-bond donors (Lipinski definition) is 3. The van der Waals surface area contributed by atoms with E-state index in [4.69, 9.17) is 9.15 Å². The number of hydrogen-bond acceptors (Lipinski definition) is 5. The largest absolute Gasteiger partial charge is 0.417 e. The maximum Gasteiger partial charge on any atom is 0.417 e. The Kier molecular flexibility index (Phi) is 6.28. The van der Waals surface area contributed by atoms with E-state index in [1.165, 1.54) is 24.3 Å². The minimum atomic E-state index is -0.709. The number of para-hydroxylation sites is 1. The first-order valence-corrected chi connectivity index (χ1v) is 11.1. The Morgan fingerprint density at radius 1 is 1.00 bits per heavy atom. The Balaban J connectivity index is 1.32. The summed E-state index contributed by atoms with van der Waals surface area (Å²) in [5.74, 6) is -1.49. The highest BCUT2D eigenvalue weighted by Crippen LogP contribution is 2.35. The molecule has 34 heavy (non-hydrogen) atoms. The molecule has 6 nitrogen and oxygen atoms in total. The molecule has 1 aromatic heterocycles. The number of rotatable bonds is 6. The topological polar surface area (TPSA) is 87.5 Å². The number of benzene rings is 3. The number of aliphatic hydroxyl groups is 1. The van der Waals surface area contributed by atoms with Gasteiger partial charge in [0.25, 0.3) is 0 Å². The van der Waals surface area contributed by atoms with E-state index in [0.29, 0.717) is 24.1 Å². The number of oxazole rings is 1. The van der Waals surface area contributed by atoms with Crippen molar-refractivity contribution in [1.82, 2.24) is 10.3 Å². The molecule has 0 radical (unpaired) electrons. The van der Waals surface area contributed by atoms with Crippen LogP contribution in [0.3, 0.4) is 0 Å². The summed E-state index contributed by atoms with van der Waals surface area (Å²) in [4.78, 5) is 14.2. The lowest BCUT2D eigenvalue weighted by Gasteiger charge is -2.38. The van der Waals surface area contributed by atoms with E-state index in [1.54, 1.807) is 30.3 Å². The molecule has 4 aromatic rings. The van der Waals surface area contributed by atoms with Crippen LogP contribution in [0.15, 0.2) is 75.9 Å². The maximum atomic E-state index is 13.5. The van der Waals surface area contributed by atoms with Crippen molar-refractivity contribution >= 4 is 11.1 Å². The van der Waals surface area contributed by atoms with Crippen molar-refractivity contribution in [3.8, 4) is 0 Å². The summed E-state index contributed by atoms with van der Waals surface area (Å²) in [6, 6.07) is 17.4. The molecule has 0 bridgehead atoms. The van der Waals surface area contributed by atoms with E-state index in [2.05, 4.69) is 10.3 Å². The summed E-state index contributed by atoms with van der Waals surface area (Å²) in [6.45, 7) is 0.630. The van der Waals surface area contributed by atoms with Crippen LogP contribution in [0.2, 0.25) is 0 Å². The fourth-order valence-electron chi connectivity index (χ4n) is 4.61. The van der Waals surface area contributed by atoms with E-state index in [-0.39, 0.29) is 36.3 Å². The number of halogens is 2. The van der Waals surface area contributed by atoms with Gasteiger partial charge in [-0.05, 0) is 41.5 Å². The van der Waals surface area contributed by atoms with Gasteiger partial charge in [0.15, 0.2) is 5.58 Å². The second kappa shape index (κ2) is 9.50. The van der Waals surface area contributed by atoms with Crippen molar-refractivity contribution in [2.24, 2.45) is 0 Å². The van der Waals surface area contributed by atoms with Gasteiger partial charge in [0.2, 0.25) is 0 Å². The van der Waals surface area contributed by atoms with Crippen LogP contribution in [-0.4, -0.2) is 34.9 Å². The smallest absolute Gasteiger partial charge is 0.408 e. The van der Waals surface area contributed by atoms with Crippen LogP contribution in [-0.2, 0) is 11.3 Å². The van der Waals surface area contributed by atoms with E-state index in [1.807, 2.05) is 12.1 Å². The lowest BCUT2D eigenvalue weighted by atomic mass is 9.82. The molecule has 2 heterocycles. The molecule has 0 spiro atoms. The number of aromatic amines is 1. The molecule has 8 heteroatoms. The molecular weight excluding hydrogens is 442 g/mol. The average Bonchev–Trinajstić information content (AvgIpc) is 3.22. The molecule has 3 aromatic carbocycles. The molecular formula is C26H24F2N2O4. The standard InChI is InChI=1S/C26H24F2N2O4/c27-18-8-4-15(5-9-18)24(16-6-10-19(28)11-7-16)23-12-22(31)21(14-33-23)29-13-17-2-1-3-20-25(17)34-26(32)30-20/h1-11,21-24,29,31H,12-14H2,(H,30,32)/t21-,22-,23+/m1/s1. The third kappa shape index (κ3) is 4.65. The van der Waals surface area contributed by atoms with Gasteiger partial charge >= 0.3 is 5.76 Å². The zero-order valence-electron chi connectivity index (χ0n) is 18.2. The second-order valence-corrected chi connectivity index (χ2v) is 8.55. The molecule has 0 amide bonds. The first-order chi connectivity index (χ1) is 16.5. The van der Waals surface area contributed by atoms with Crippen molar-refractivity contribution in [2.75, 3.05) is 6.61 Å². The summed E-state index contributed by atoms with van der Waals surface area (Å²) < 4.78 is 38.5. The molecule has 5 rings (SSSR count). The molecule has 3 atom stereocenters. The minimum absolute atomic E-state index is 0.248. The highest BCUT2D eigenvalue weighted by molar-refractivity contribution is 5.75. The van der Waals surface area contributed by atoms with Crippen molar-refractivity contribution < 1.29 is 23.0 Å². The molecule has 0 unspecified atom stereocenters. The van der Waals surface area contributed by atoms with Crippen LogP contribution < -0.4 is 11.1 Å². The molecule has 3 N–H and O–H groups in total. The molecule has 0 aliphatic carbocycles. The lowest BCUT2D eigenvalue weighted by Crippen LogP contribution is -2.50. The zero-order chi connectivity index (χ0) is 23.7. The first kappa shape index (κ1) is 22.5. The monoisotopic (exact) mass is 466 g/mol. The van der Waals surface area contributed by atoms with E-state index < -0.39 is 11.9 Å². The van der Waals surface area contributed by atoms with Gasteiger partial charge in [-0.3, -0.25) is 4.98 Å². The van der Waals surface area contributed by atoms with Crippen LogP contribution in [0.5, 0.6) is 0 Å². The van der Waals surface area contributed by atoms with Gasteiger partial charge in [-0.15, -0.1) is 0 Å². The number of aliphatic hydroxyl groups excluding tert-OH is 1. The maximum absolute atomic E-state index is 13.5. The highest BCUT2D eigenvalue weighted by Gasteiger charge is 2.35. The van der Waals surface area contributed by atoms with Gasteiger partial charge in [-0.1, -0.05) is 36.4 Å². The third-order valence-electron chi connectivity index (χ3n) is 6.34. The zero-order valence-corrected chi connectivity index (χ0v) is 18.2. The second-order valence-electron chi connectivity index (χ2n) is 8.55. The van der Waals surface area contributed by atoms with E-state index in [0.717, 1.165) is 16.7 Å². The number of H-pyrrole nitrogens is 1. The van der Waals surface area contributed by atoms with Crippen molar-refractivity contribution in [3.05, 3.63) is 106 Å². The minimum Gasteiger partial charge on any atom is -0.408 e. The first-order valence-electron chi connectivity index (χ1n) is 11.1. The molecule has 1 fully saturated rings. The fourth-order valence-corrected chi connectivity index (χ4v) is 4.61. The fraction of sp³-hybridized carbons (Fsp3) is 0.269. The Bertz CT molecular complexity index is 1270. The Labute approximate surface area is 194 Å². The van der Waals surface area contributed by atoms with E-state index in [9.17, 15) is 18.7 Å². The van der Waals surface area contributed by atoms with Crippen LogP contribution in [0.1, 0.15) is 29.0 Å². The summed E-state index contributed by atoms with van der Waals surface area (Å²) in [7, 11) is 0. The number of ether oxygens (including phenoxy) is 1. The Morgan fingerprint density at radius 2 is 1.65 bits per heavy atom. The van der Waals surface area contributed by atoms with Gasteiger partial charge < -0.3 is 19.6 Å². The van der Waals surface area contributed by atoms with Gasteiger partial charge in [0.1, 0.15) is 11.6 Å². The molecule has 1 aliphatic heterocycles. The highest BCUT2D eigenvalue weighted by atomic mass is 19.1. The van der Waals surface area contributed by atoms with Crippen LogP contribution in [0.4, 0.5) is 8.78 Å². The molecule has 1 aliphatic rings. The summed E-state index contributed by atoms with van der Waals surface area (Å²) in [5, 5.41) is 14.2. The van der Waals surface area contributed by atoms with Crippen LogP contribution in [0.25, 0.3) is 11.1 Å². The van der Waals surface area contributed by atoms with Gasteiger partial charge in [-0.25, -0.2) is 13.6 Å². The van der Waals surface area contributed by atoms with Gasteiger partial charge in [0, 0.05) is 24.4 Å². The summed E-state index contributed by atoms with van der Waals surface area (Å²) in [6.07, 6.45) is -0.754. The Hall–Kier alpha value is -3.33. The van der Waals surface area contributed by atoms with Crippen LogP contribution in [0, 0.1) is 11.6 Å². The van der Waals surface area contributed by atoms with Gasteiger partial charge in [-0.2, -0.15) is 0 Å². The number of aromatic nitrogens is 1. The molecule has 0 saturated carbocycles. The van der Waals surface area contributed by atoms with Crippen molar-refractivity contribution in [3.63, 3.8) is 0 Å². The lowest BCUT2D eigenvalue weighted by molar-refractivity contribution is -0.0718. The van der Waals surface area contributed by atoms with E-state index >= 15 is 0 Å². The van der Waals surface area contributed by atoms with Crippen molar-refractivity contribution in [1.29, 1.82) is 0 Å². The van der Waals surface area contributed by atoms with Crippen LogP contribution >= 0.6 is 0 Å². The number of fused-ring (bicyclic) bond motifs is 1. The number of nitrogens with one attached hydrogen (secondary N) is 2. The quantitative estimate of drug-likeness (QED) is 0.402. The Morgan fingerprint density at radius 3 is 2.26 bits per heavy atom. The average molecular weight is 466 g/mol. The summed E-state index contributed by atoms with van der Waals surface area (Å²) in [5.41, 5.74) is 3.54. The third-order valence-corrected chi connectivity index (χ3v) is 6.34. The van der Waals surface area contributed by atoms with Crippen molar-refractivity contribution in [2.45, 2.75) is 37.1 Å². The van der Waals surface area contributed by atoms with Gasteiger partial charge in [0.05, 0.1) is 30.4 Å². The summed E-state index contributed by atoms with van der Waals surface area (Å²) >= 11 is 0. The normalized spacial score (nSPS) is 20.8. The SMILES string of the molecule is O=c1[nH]c2cccc(CN[C@@H]3CO[C@H](C(c4ccc(F)cc4)c4ccc(F)cc4)C[C@H]3O)c2o1. The molecule has 176 valence electrons. The predicted molar refractivity (Wildman–Crippen MR) is 122 cm³/mol. The molecule has 1 saturated heterocycles.